The first-order valence-corrected chi connectivity index (χ1v) is 9.71. The topological polar surface area (TPSA) is 111 Å². The first kappa shape index (κ1) is 19.7. The number of amides is 1. The minimum Gasteiger partial charge on any atom is -0.380 e. The van der Waals surface area contributed by atoms with Crippen molar-refractivity contribution in [1.82, 2.24) is 19.7 Å². The van der Waals surface area contributed by atoms with Gasteiger partial charge in [0.05, 0.1) is 17.9 Å². The van der Waals surface area contributed by atoms with Crippen LogP contribution in [0.3, 0.4) is 0 Å². The van der Waals surface area contributed by atoms with Gasteiger partial charge in [-0.3, -0.25) is 19.3 Å². The number of pyridine rings is 2. The Kier molecular flexibility index (Phi) is 5.80. The number of hydrogen-bond acceptors (Lipinski definition) is 7. The highest BCUT2D eigenvalue weighted by Crippen LogP contribution is 2.23. The summed E-state index contributed by atoms with van der Waals surface area (Å²) in [5, 5.41) is 10.2. The molecule has 1 aliphatic heterocycles. The second-order valence-electron chi connectivity index (χ2n) is 6.98. The number of aromatic nitrogens is 4. The fraction of sp³-hybridized carbons (Fsp3) is 0.286. The van der Waals surface area contributed by atoms with Crippen LogP contribution in [0.5, 0.6) is 0 Å². The van der Waals surface area contributed by atoms with Gasteiger partial charge in [0.2, 0.25) is 0 Å². The Balaban J connectivity index is 1.68. The van der Waals surface area contributed by atoms with Gasteiger partial charge >= 0.3 is 0 Å². The number of Topliss-reactive ketones (excluding diaryl/α,β-unsaturated/α-hetero) is 1. The Morgan fingerprint density at radius 3 is 2.87 bits per heavy atom. The maximum atomic E-state index is 12.8. The summed E-state index contributed by atoms with van der Waals surface area (Å²) in [4.78, 5) is 33.9. The normalized spacial score (nSPS) is 15.4. The molecule has 1 aliphatic rings. The Bertz CT molecular complexity index is 1080. The standard InChI is InChI=1S/C21H22N6O3/c1-27-13-17-20(26-27)18(28)3-2-7-30-8-6-24-19-10-14(4-5-23-19)15-9-16(12-22-11-15)21(29)25-17/h4-5,9-13H,2-3,6-8H2,1H3,(H,23,24)(H,25,29). The molecule has 0 aliphatic carbocycles. The molecule has 30 heavy (non-hydrogen) atoms. The van der Waals surface area contributed by atoms with E-state index < -0.39 is 0 Å². The molecule has 0 fully saturated rings. The highest BCUT2D eigenvalue weighted by atomic mass is 16.5. The van der Waals surface area contributed by atoms with E-state index in [1.54, 1.807) is 31.7 Å². The molecule has 9 heteroatoms. The van der Waals surface area contributed by atoms with Crippen LogP contribution in [0.1, 0.15) is 33.7 Å². The van der Waals surface area contributed by atoms with Crippen molar-refractivity contribution >= 4 is 23.2 Å². The van der Waals surface area contributed by atoms with Crippen molar-refractivity contribution in [3.63, 3.8) is 0 Å². The van der Waals surface area contributed by atoms with Gasteiger partial charge in [-0.1, -0.05) is 0 Å². The Labute approximate surface area is 173 Å². The molecule has 0 aromatic carbocycles. The summed E-state index contributed by atoms with van der Waals surface area (Å²) in [6, 6.07) is 5.52. The zero-order valence-corrected chi connectivity index (χ0v) is 16.6. The van der Waals surface area contributed by atoms with Gasteiger partial charge in [0.25, 0.3) is 5.91 Å². The van der Waals surface area contributed by atoms with Crippen molar-refractivity contribution in [3.8, 4) is 11.1 Å². The van der Waals surface area contributed by atoms with Crippen LogP contribution in [0.25, 0.3) is 11.1 Å². The van der Waals surface area contributed by atoms with Crippen LogP contribution in [0, 0.1) is 0 Å². The zero-order valence-electron chi connectivity index (χ0n) is 16.6. The lowest BCUT2D eigenvalue weighted by molar-refractivity contribution is 0.0940. The number of ether oxygens (including phenoxy) is 1. The number of nitrogens with one attached hydrogen (secondary N) is 2. The first-order valence-electron chi connectivity index (χ1n) is 9.71. The van der Waals surface area contributed by atoms with E-state index in [1.165, 1.54) is 10.9 Å². The molecule has 3 aromatic heterocycles. The summed E-state index contributed by atoms with van der Waals surface area (Å²) in [5.74, 6) is 0.213. The number of ketones is 1. The van der Waals surface area contributed by atoms with E-state index in [-0.39, 0.29) is 23.8 Å². The fourth-order valence-electron chi connectivity index (χ4n) is 3.22. The molecule has 2 N–H and O–H groups in total. The van der Waals surface area contributed by atoms with Gasteiger partial charge in [0.1, 0.15) is 5.82 Å². The molecular formula is C21H22N6O3. The van der Waals surface area contributed by atoms with E-state index in [9.17, 15) is 9.59 Å². The number of rotatable bonds is 0. The monoisotopic (exact) mass is 406 g/mol. The first-order chi connectivity index (χ1) is 14.6. The molecule has 3 aromatic rings. The second-order valence-corrected chi connectivity index (χ2v) is 6.98. The summed E-state index contributed by atoms with van der Waals surface area (Å²) >= 11 is 0. The number of carbonyl (C=O) groups is 2. The molecule has 4 rings (SSSR count). The second kappa shape index (κ2) is 8.83. The molecular weight excluding hydrogens is 384 g/mol. The van der Waals surface area contributed by atoms with Crippen molar-refractivity contribution in [2.24, 2.45) is 7.05 Å². The highest BCUT2D eigenvalue weighted by Gasteiger charge is 2.19. The van der Waals surface area contributed by atoms with Crippen LogP contribution in [-0.4, -0.2) is 51.2 Å². The molecule has 4 heterocycles. The summed E-state index contributed by atoms with van der Waals surface area (Å²) in [6.07, 6.45) is 7.37. The molecule has 0 spiro atoms. The van der Waals surface area contributed by atoms with Crippen molar-refractivity contribution < 1.29 is 14.3 Å². The molecule has 0 radical (unpaired) electrons. The van der Waals surface area contributed by atoms with Crippen LogP contribution in [-0.2, 0) is 11.8 Å². The lowest BCUT2D eigenvalue weighted by Gasteiger charge is -2.10. The van der Waals surface area contributed by atoms with Crippen LogP contribution in [0.15, 0.2) is 43.0 Å². The lowest BCUT2D eigenvalue weighted by atomic mass is 10.1. The SMILES string of the molecule is Cn1cc2c(n1)C(=O)CCCOCCNc1cc(ccn1)-c1cncc(c1)C(=O)N2. The summed E-state index contributed by atoms with van der Waals surface area (Å²) < 4.78 is 7.11. The van der Waals surface area contributed by atoms with E-state index >= 15 is 0 Å². The average molecular weight is 406 g/mol. The number of hydrogen-bond donors (Lipinski definition) is 2. The zero-order chi connectivity index (χ0) is 20.9. The molecule has 1 amide bonds. The van der Waals surface area contributed by atoms with Crippen LogP contribution >= 0.6 is 0 Å². The van der Waals surface area contributed by atoms with Gasteiger partial charge in [-0.25, -0.2) is 4.98 Å². The van der Waals surface area contributed by atoms with Gasteiger partial charge in [0, 0.05) is 57.0 Å². The predicted molar refractivity (Wildman–Crippen MR) is 112 cm³/mol. The minimum absolute atomic E-state index is 0.139. The highest BCUT2D eigenvalue weighted by molar-refractivity contribution is 6.08. The van der Waals surface area contributed by atoms with E-state index in [2.05, 4.69) is 25.7 Å². The number of anilines is 2. The van der Waals surface area contributed by atoms with Crippen molar-refractivity contribution in [2.75, 3.05) is 30.4 Å². The van der Waals surface area contributed by atoms with Gasteiger partial charge < -0.3 is 15.4 Å². The summed E-state index contributed by atoms with van der Waals surface area (Å²) in [6.45, 7) is 1.56. The molecule has 0 atom stereocenters. The fourth-order valence-corrected chi connectivity index (χ4v) is 3.22. The molecule has 9 nitrogen and oxygen atoms in total. The van der Waals surface area contributed by atoms with Crippen molar-refractivity contribution in [2.45, 2.75) is 12.8 Å². The van der Waals surface area contributed by atoms with E-state index in [1.807, 2.05) is 12.1 Å². The number of fused-ring (bicyclic) bond motifs is 6. The molecule has 154 valence electrons. The summed E-state index contributed by atoms with van der Waals surface area (Å²) in [7, 11) is 1.71. The van der Waals surface area contributed by atoms with Crippen molar-refractivity contribution in [1.29, 1.82) is 0 Å². The van der Waals surface area contributed by atoms with Gasteiger partial charge in [-0.15, -0.1) is 0 Å². The Morgan fingerprint density at radius 1 is 1.10 bits per heavy atom. The van der Waals surface area contributed by atoms with E-state index in [0.717, 1.165) is 11.1 Å². The molecule has 4 bridgehead atoms. The molecule has 0 saturated carbocycles. The quantitative estimate of drug-likeness (QED) is 0.590. The number of aryl methyl sites for hydroxylation is 1. The van der Waals surface area contributed by atoms with Gasteiger partial charge in [-0.05, 0) is 30.2 Å². The molecule has 0 saturated heterocycles. The largest absolute Gasteiger partial charge is 0.380 e. The van der Waals surface area contributed by atoms with E-state index in [4.69, 9.17) is 4.74 Å². The predicted octanol–water partition coefficient (Wildman–Crippen LogP) is 2.53. The smallest absolute Gasteiger partial charge is 0.257 e. The van der Waals surface area contributed by atoms with Gasteiger partial charge in [0.15, 0.2) is 11.5 Å². The van der Waals surface area contributed by atoms with Gasteiger partial charge in [-0.2, -0.15) is 5.10 Å². The average Bonchev–Trinajstić information content (AvgIpc) is 3.12. The third-order valence-electron chi connectivity index (χ3n) is 4.68. The minimum atomic E-state index is -0.358. The number of nitrogens with zero attached hydrogens (tertiary/aromatic N) is 4. The van der Waals surface area contributed by atoms with Crippen molar-refractivity contribution in [3.05, 3.63) is 54.2 Å². The maximum Gasteiger partial charge on any atom is 0.257 e. The van der Waals surface area contributed by atoms with Crippen LogP contribution < -0.4 is 10.6 Å². The van der Waals surface area contributed by atoms with E-state index in [0.29, 0.717) is 43.2 Å². The Hall–Kier alpha value is -3.59. The maximum absolute atomic E-state index is 12.8. The Morgan fingerprint density at radius 2 is 1.97 bits per heavy atom. The molecule has 0 unspecified atom stereocenters. The third kappa shape index (κ3) is 4.52. The number of carbonyl (C=O) groups excluding carboxylic acids is 2. The summed E-state index contributed by atoms with van der Waals surface area (Å²) in [5.41, 5.74) is 2.68. The lowest BCUT2D eigenvalue weighted by Crippen LogP contribution is -2.15. The van der Waals surface area contributed by atoms with Crippen LogP contribution in [0.4, 0.5) is 11.5 Å². The third-order valence-corrected chi connectivity index (χ3v) is 4.68. The van der Waals surface area contributed by atoms with Crippen LogP contribution in [0.2, 0.25) is 0 Å².